The molecule has 0 unspecified atom stereocenters. The number of anilines is 2. The minimum absolute atomic E-state index is 0.00231. The van der Waals surface area contributed by atoms with E-state index in [1.165, 1.54) is 30.3 Å². The molecule has 0 radical (unpaired) electrons. The number of sulfonamides is 1. The number of carbonyl (C=O) groups excluding carboxylic acids is 1. The third-order valence-corrected chi connectivity index (χ3v) is 6.52. The Labute approximate surface area is 173 Å². The van der Waals surface area contributed by atoms with Gasteiger partial charge in [-0.1, -0.05) is 46.1 Å². The van der Waals surface area contributed by atoms with Crippen molar-refractivity contribution in [3.63, 3.8) is 0 Å². The second-order valence-electron chi connectivity index (χ2n) is 5.06. The minimum atomic E-state index is -3.96. The molecule has 1 heterocycles. The highest BCUT2D eigenvalue weighted by atomic mass is 35.5. The summed E-state index contributed by atoms with van der Waals surface area (Å²) in [7, 11) is -3.96. The van der Waals surface area contributed by atoms with Gasteiger partial charge in [0.05, 0.1) is 10.6 Å². The van der Waals surface area contributed by atoms with Gasteiger partial charge < -0.3 is 0 Å². The number of aromatic nitrogens is 2. The van der Waals surface area contributed by atoms with Crippen LogP contribution in [0, 0.1) is 0 Å². The highest BCUT2D eigenvalue weighted by molar-refractivity contribution is 7.94. The first-order valence-corrected chi connectivity index (χ1v) is 10.6. The van der Waals surface area contributed by atoms with Crippen LogP contribution < -0.4 is 10.0 Å². The third kappa shape index (κ3) is 4.88. The van der Waals surface area contributed by atoms with Crippen molar-refractivity contribution in [1.82, 2.24) is 10.2 Å². The standard InChI is InChI=1S/C15H9Cl3N4O3S2/c16-8-1-4-10(5-2-8)22-27(24,25)15-21-20-14(26-15)19-13(23)11-6-3-9(17)7-12(11)18/h1-7,22H,(H,19,20,23). The van der Waals surface area contributed by atoms with Crippen LogP contribution in [0.25, 0.3) is 0 Å². The Morgan fingerprint density at radius 1 is 0.963 bits per heavy atom. The predicted molar refractivity (Wildman–Crippen MR) is 107 cm³/mol. The molecule has 0 bridgehead atoms. The number of nitrogens with one attached hydrogen (secondary N) is 2. The normalized spacial score (nSPS) is 11.2. The molecule has 0 aliphatic carbocycles. The first-order valence-electron chi connectivity index (χ1n) is 7.13. The maximum Gasteiger partial charge on any atom is 0.291 e. The topological polar surface area (TPSA) is 101 Å². The molecule has 2 N–H and O–H groups in total. The summed E-state index contributed by atoms with van der Waals surface area (Å²) in [6.07, 6.45) is 0. The largest absolute Gasteiger partial charge is 0.296 e. The summed E-state index contributed by atoms with van der Waals surface area (Å²) in [5, 5.41) is 10.7. The molecule has 12 heteroatoms. The Bertz CT molecular complexity index is 1100. The zero-order chi connectivity index (χ0) is 19.6. The summed E-state index contributed by atoms with van der Waals surface area (Å²) in [6.45, 7) is 0. The van der Waals surface area contributed by atoms with Gasteiger partial charge in [-0.15, -0.1) is 10.2 Å². The smallest absolute Gasteiger partial charge is 0.291 e. The summed E-state index contributed by atoms with van der Waals surface area (Å²) in [5.74, 6) is -0.567. The van der Waals surface area contributed by atoms with Crippen molar-refractivity contribution in [1.29, 1.82) is 0 Å². The summed E-state index contributed by atoms with van der Waals surface area (Å²) in [4.78, 5) is 12.3. The Morgan fingerprint density at radius 3 is 2.30 bits per heavy atom. The van der Waals surface area contributed by atoms with Crippen LogP contribution in [0.2, 0.25) is 15.1 Å². The van der Waals surface area contributed by atoms with Crippen LogP contribution in [0.4, 0.5) is 10.8 Å². The Hall–Kier alpha value is -1.91. The second kappa shape index (κ2) is 7.99. The van der Waals surface area contributed by atoms with Gasteiger partial charge in [0.2, 0.25) is 5.13 Å². The molecule has 1 amide bonds. The number of hydrogen-bond donors (Lipinski definition) is 2. The molecule has 7 nitrogen and oxygen atoms in total. The highest BCUT2D eigenvalue weighted by Gasteiger charge is 2.22. The molecular weight excluding hydrogens is 455 g/mol. The summed E-state index contributed by atoms with van der Waals surface area (Å²) in [6, 6.07) is 10.5. The van der Waals surface area contributed by atoms with E-state index in [1.54, 1.807) is 12.1 Å². The lowest BCUT2D eigenvalue weighted by molar-refractivity contribution is 0.102. The number of amides is 1. The van der Waals surface area contributed by atoms with E-state index in [0.717, 1.165) is 0 Å². The van der Waals surface area contributed by atoms with Crippen molar-refractivity contribution >= 4 is 72.9 Å². The molecule has 3 rings (SSSR count). The molecule has 140 valence electrons. The van der Waals surface area contributed by atoms with E-state index in [-0.39, 0.29) is 20.1 Å². The second-order valence-corrected chi connectivity index (χ2v) is 9.18. The number of benzene rings is 2. The van der Waals surface area contributed by atoms with Gasteiger partial charge in [0.25, 0.3) is 20.3 Å². The van der Waals surface area contributed by atoms with Crippen LogP contribution in [0.3, 0.4) is 0 Å². The number of nitrogens with zero attached hydrogens (tertiary/aromatic N) is 2. The van der Waals surface area contributed by atoms with Gasteiger partial charge in [-0.3, -0.25) is 14.8 Å². The van der Waals surface area contributed by atoms with E-state index < -0.39 is 15.9 Å². The highest BCUT2D eigenvalue weighted by Crippen LogP contribution is 2.25. The summed E-state index contributed by atoms with van der Waals surface area (Å²) >= 11 is 18.2. The molecule has 0 fully saturated rings. The molecule has 2 aromatic carbocycles. The van der Waals surface area contributed by atoms with Crippen molar-refractivity contribution in [3.05, 3.63) is 63.1 Å². The molecule has 0 spiro atoms. The average Bonchev–Trinajstić information content (AvgIpc) is 3.06. The van der Waals surface area contributed by atoms with Crippen molar-refractivity contribution < 1.29 is 13.2 Å². The zero-order valence-electron chi connectivity index (χ0n) is 13.1. The van der Waals surface area contributed by atoms with Gasteiger partial charge in [0.1, 0.15) is 0 Å². The fourth-order valence-electron chi connectivity index (χ4n) is 1.92. The van der Waals surface area contributed by atoms with Crippen LogP contribution in [0.15, 0.2) is 46.8 Å². The lowest BCUT2D eigenvalue weighted by Gasteiger charge is -2.05. The van der Waals surface area contributed by atoms with Gasteiger partial charge in [0.15, 0.2) is 0 Å². The predicted octanol–water partition coefficient (Wildman–Crippen LogP) is 4.55. The molecule has 0 aliphatic rings. The monoisotopic (exact) mass is 462 g/mol. The van der Waals surface area contributed by atoms with Crippen LogP contribution in [-0.2, 0) is 10.0 Å². The SMILES string of the molecule is O=C(Nc1nnc(S(=O)(=O)Nc2ccc(Cl)cc2)s1)c1ccc(Cl)cc1Cl. The van der Waals surface area contributed by atoms with E-state index in [4.69, 9.17) is 34.8 Å². The quantitative estimate of drug-likeness (QED) is 0.541. The maximum atomic E-state index is 12.4. The first kappa shape index (κ1) is 19.8. The van der Waals surface area contributed by atoms with E-state index in [2.05, 4.69) is 20.2 Å². The average molecular weight is 464 g/mol. The molecule has 0 saturated heterocycles. The van der Waals surface area contributed by atoms with Crippen molar-refractivity contribution in [2.24, 2.45) is 0 Å². The summed E-state index contributed by atoms with van der Waals surface area (Å²) < 4.78 is 26.8. The van der Waals surface area contributed by atoms with E-state index in [0.29, 0.717) is 27.1 Å². The Morgan fingerprint density at radius 2 is 1.63 bits per heavy atom. The Balaban J connectivity index is 1.75. The van der Waals surface area contributed by atoms with Gasteiger partial charge in [-0.25, -0.2) is 0 Å². The number of carbonyl (C=O) groups is 1. The zero-order valence-corrected chi connectivity index (χ0v) is 17.0. The van der Waals surface area contributed by atoms with Crippen LogP contribution in [0.5, 0.6) is 0 Å². The molecule has 0 saturated carbocycles. The molecule has 27 heavy (non-hydrogen) atoms. The molecule has 3 aromatic rings. The maximum absolute atomic E-state index is 12.4. The van der Waals surface area contributed by atoms with E-state index in [1.807, 2.05) is 0 Å². The van der Waals surface area contributed by atoms with Crippen molar-refractivity contribution in [2.75, 3.05) is 10.0 Å². The number of halogens is 3. The fraction of sp³-hybridized carbons (Fsp3) is 0. The van der Waals surface area contributed by atoms with Gasteiger partial charge in [-0.2, -0.15) is 8.42 Å². The number of rotatable bonds is 5. The van der Waals surface area contributed by atoms with E-state index >= 15 is 0 Å². The molecular formula is C15H9Cl3N4O3S2. The third-order valence-electron chi connectivity index (χ3n) is 3.13. The molecule has 0 atom stereocenters. The minimum Gasteiger partial charge on any atom is -0.296 e. The molecule has 1 aromatic heterocycles. The van der Waals surface area contributed by atoms with Crippen LogP contribution in [0.1, 0.15) is 10.4 Å². The lowest BCUT2D eigenvalue weighted by Crippen LogP contribution is -2.12. The summed E-state index contributed by atoms with van der Waals surface area (Å²) in [5.41, 5.74) is 0.480. The molecule has 0 aliphatic heterocycles. The van der Waals surface area contributed by atoms with Crippen molar-refractivity contribution in [3.8, 4) is 0 Å². The van der Waals surface area contributed by atoms with Gasteiger partial charge in [0, 0.05) is 15.7 Å². The van der Waals surface area contributed by atoms with Crippen molar-refractivity contribution in [2.45, 2.75) is 4.34 Å². The van der Waals surface area contributed by atoms with E-state index in [9.17, 15) is 13.2 Å². The Kier molecular flexibility index (Phi) is 5.87. The lowest BCUT2D eigenvalue weighted by atomic mass is 10.2. The van der Waals surface area contributed by atoms with Crippen LogP contribution in [-0.4, -0.2) is 24.5 Å². The van der Waals surface area contributed by atoms with Gasteiger partial charge >= 0.3 is 0 Å². The van der Waals surface area contributed by atoms with Crippen LogP contribution >= 0.6 is 46.1 Å². The fourth-order valence-corrected chi connectivity index (χ4v) is 4.50. The van der Waals surface area contributed by atoms with Gasteiger partial charge in [-0.05, 0) is 42.5 Å². The number of hydrogen-bond acceptors (Lipinski definition) is 6. The first-order chi connectivity index (χ1) is 12.7.